The molecule has 0 fully saturated rings. The van der Waals surface area contributed by atoms with Gasteiger partial charge in [-0.3, -0.25) is 0 Å². The second kappa shape index (κ2) is 4.50. The van der Waals surface area contributed by atoms with Crippen LogP contribution in [-0.2, 0) is 0 Å². The molecule has 0 aliphatic rings. The van der Waals surface area contributed by atoms with Crippen LogP contribution in [0.25, 0.3) is 0 Å². The third-order valence-electron chi connectivity index (χ3n) is 0.954. The van der Waals surface area contributed by atoms with Crippen LogP contribution in [-0.4, -0.2) is 26.7 Å². The maximum absolute atomic E-state index is 8.34. The van der Waals surface area contributed by atoms with E-state index in [4.69, 9.17) is 5.26 Å². The van der Waals surface area contributed by atoms with Crippen molar-refractivity contribution in [2.45, 2.75) is 0 Å². The molecule has 2 nitrogen and oxygen atoms in total. The number of nitrogens with zero attached hydrogens (tertiary/aromatic N) is 2. The summed E-state index contributed by atoms with van der Waals surface area (Å²) in [4.78, 5) is 3.94. The summed E-state index contributed by atoms with van der Waals surface area (Å²) in [5, 5.41) is 8.34. The zero-order chi connectivity index (χ0) is 6.69. The van der Waals surface area contributed by atoms with Crippen LogP contribution in [0.15, 0.2) is 18.3 Å². The molecule has 0 unspecified atom stereocenters. The first-order valence-electron chi connectivity index (χ1n) is 2.51. The van der Waals surface area contributed by atoms with Crippen molar-refractivity contribution in [2.75, 3.05) is 0 Å². The fraction of sp³-hybridized carbons (Fsp3) is 0. The van der Waals surface area contributed by atoms with Crippen LogP contribution in [0.2, 0.25) is 0 Å². The molecule has 0 atom stereocenters. The number of hydrogen-bond acceptors (Lipinski definition) is 2. The molecule has 1 aromatic heterocycles. The third kappa shape index (κ3) is 2.52. The maximum atomic E-state index is 8.34. The molecule has 1 heterocycles. The molecular weight excluding hydrogens is 160 g/mol. The van der Waals surface area contributed by atoms with Crippen molar-refractivity contribution in [3.05, 3.63) is 23.9 Å². The molecule has 46 valence electrons. The monoisotopic (exact) mass is 162 g/mol. The SMILES string of the molecule is N#Cc1cc[c]([Mg+])nc1.[Cl-]. The van der Waals surface area contributed by atoms with E-state index in [1.165, 1.54) is 0 Å². The number of hydrogen-bond donors (Lipinski definition) is 0. The van der Waals surface area contributed by atoms with Crippen LogP contribution in [0, 0.1) is 11.3 Å². The summed E-state index contributed by atoms with van der Waals surface area (Å²) >= 11 is 1.70. The summed E-state index contributed by atoms with van der Waals surface area (Å²) < 4.78 is 0.967. The van der Waals surface area contributed by atoms with Gasteiger partial charge in [-0.15, -0.1) is 0 Å². The Morgan fingerprint density at radius 1 is 1.50 bits per heavy atom. The first kappa shape index (κ1) is 9.70. The number of nitriles is 1. The van der Waals surface area contributed by atoms with Crippen molar-refractivity contribution in [3.8, 4) is 6.07 Å². The Labute approximate surface area is 78.1 Å². The van der Waals surface area contributed by atoms with Gasteiger partial charge in [0, 0.05) is 0 Å². The van der Waals surface area contributed by atoms with Gasteiger partial charge >= 0.3 is 65.7 Å². The molecule has 0 amide bonds. The Kier molecular flexibility index (Phi) is 4.37. The van der Waals surface area contributed by atoms with Crippen LogP contribution < -0.4 is 16.2 Å². The third-order valence-corrected chi connectivity index (χ3v) is 1.37. The van der Waals surface area contributed by atoms with E-state index in [1.54, 1.807) is 34.0 Å². The molecular formula is C6H3ClMgN2. The summed E-state index contributed by atoms with van der Waals surface area (Å²) in [6.45, 7) is 0. The molecule has 0 spiro atoms. The molecule has 0 bridgehead atoms. The average molecular weight is 163 g/mol. The fourth-order valence-corrected chi connectivity index (χ4v) is 0.700. The molecule has 1 aromatic rings. The van der Waals surface area contributed by atoms with Crippen molar-refractivity contribution in [2.24, 2.45) is 0 Å². The van der Waals surface area contributed by atoms with Crippen molar-refractivity contribution >= 4 is 25.5 Å². The van der Waals surface area contributed by atoms with Gasteiger partial charge in [0.05, 0.1) is 0 Å². The Morgan fingerprint density at radius 3 is 2.60 bits per heavy atom. The normalized spacial score (nSPS) is 7.70. The van der Waals surface area contributed by atoms with Crippen molar-refractivity contribution in [1.29, 1.82) is 5.26 Å². The summed E-state index contributed by atoms with van der Waals surface area (Å²) in [6, 6.07) is 5.58. The fourth-order valence-electron chi connectivity index (χ4n) is 0.491. The van der Waals surface area contributed by atoms with Crippen molar-refractivity contribution < 1.29 is 12.4 Å². The first-order valence-corrected chi connectivity index (χ1v) is 3.22. The Morgan fingerprint density at radius 2 is 2.20 bits per heavy atom. The largest absolute Gasteiger partial charge is 1.00 e. The van der Waals surface area contributed by atoms with Gasteiger partial charge in [0.25, 0.3) is 0 Å². The Bertz CT molecular complexity index is 239. The second-order valence-electron chi connectivity index (χ2n) is 1.65. The average Bonchev–Trinajstić information content (AvgIpc) is 1.90. The zero-order valence-electron chi connectivity index (χ0n) is 5.21. The van der Waals surface area contributed by atoms with Crippen LogP contribution in [0.4, 0.5) is 0 Å². The van der Waals surface area contributed by atoms with Gasteiger partial charge in [-0.2, -0.15) is 0 Å². The van der Waals surface area contributed by atoms with Crippen LogP contribution in [0.3, 0.4) is 0 Å². The van der Waals surface area contributed by atoms with Crippen molar-refractivity contribution in [1.82, 2.24) is 4.98 Å². The van der Waals surface area contributed by atoms with Crippen molar-refractivity contribution in [3.63, 3.8) is 0 Å². The second-order valence-corrected chi connectivity index (χ2v) is 2.37. The van der Waals surface area contributed by atoms with Gasteiger partial charge in [0.2, 0.25) is 0 Å². The summed E-state index contributed by atoms with van der Waals surface area (Å²) in [6.07, 6.45) is 1.57. The standard InChI is InChI=1S/C6H3N2.ClH.Mg/c7-4-6-2-1-3-8-5-6;;/h1-2,5H;1H;/q;;+1/p-1. The topological polar surface area (TPSA) is 36.7 Å². The first-order chi connectivity index (χ1) is 4.33. The molecule has 0 radical (unpaired) electrons. The van der Waals surface area contributed by atoms with E-state index in [0.717, 1.165) is 3.82 Å². The van der Waals surface area contributed by atoms with E-state index >= 15 is 0 Å². The molecule has 1 rings (SSSR count). The van der Waals surface area contributed by atoms with Gasteiger partial charge < -0.3 is 12.4 Å². The summed E-state index contributed by atoms with van der Waals surface area (Å²) in [5.41, 5.74) is 0.616. The van der Waals surface area contributed by atoms with E-state index in [0.29, 0.717) is 5.56 Å². The molecule has 10 heavy (non-hydrogen) atoms. The predicted molar refractivity (Wildman–Crippen MR) is 34.3 cm³/mol. The Balaban J connectivity index is 0.000000810. The van der Waals surface area contributed by atoms with E-state index in [9.17, 15) is 0 Å². The van der Waals surface area contributed by atoms with E-state index in [1.807, 2.05) is 12.1 Å². The summed E-state index contributed by atoms with van der Waals surface area (Å²) in [5.74, 6) is 0. The minimum atomic E-state index is 0. The number of pyridine rings is 1. The maximum Gasteiger partial charge on any atom is -1.00 e. The van der Waals surface area contributed by atoms with Gasteiger partial charge in [-0.1, -0.05) is 0 Å². The van der Waals surface area contributed by atoms with Gasteiger partial charge in [-0.25, -0.2) is 0 Å². The molecule has 0 saturated carbocycles. The molecule has 0 aliphatic carbocycles. The van der Waals surface area contributed by atoms with E-state index in [-0.39, 0.29) is 12.4 Å². The zero-order valence-corrected chi connectivity index (χ0v) is 7.38. The number of aromatic nitrogens is 1. The molecule has 4 heteroatoms. The smallest absolute Gasteiger partial charge is 1.00 e. The minimum absolute atomic E-state index is 0. The summed E-state index contributed by atoms with van der Waals surface area (Å²) in [7, 11) is 0. The molecule has 0 N–H and O–H groups in total. The van der Waals surface area contributed by atoms with Crippen LogP contribution in [0.1, 0.15) is 5.56 Å². The van der Waals surface area contributed by atoms with Gasteiger partial charge in [-0.05, 0) is 0 Å². The Hall–Kier alpha value is -0.304. The van der Waals surface area contributed by atoms with Gasteiger partial charge in [0.15, 0.2) is 0 Å². The number of rotatable bonds is 0. The molecule has 0 aliphatic heterocycles. The van der Waals surface area contributed by atoms with Crippen LogP contribution >= 0.6 is 0 Å². The minimum Gasteiger partial charge on any atom is -1.00 e. The molecule has 0 aromatic carbocycles. The van der Waals surface area contributed by atoms with E-state index < -0.39 is 0 Å². The van der Waals surface area contributed by atoms with Crippen LogP contribution in [0.5, 0.6) is 0 Å². The van der Waals surface area contributed by atoms with Gasteiger partial charge in [0.1, 0.15) is 0 Å². The molecule has 0 saturated heterocycles. The quantitative estimate of drug-likeness (QED) is 0.376. The number of halogens is 1. The predicted octanol–water partition coefficient (Wildman–Crippen LogP) is -3.25. The van der Waals surface area contributed by atoms with E-state index in [2.05, 4.69) is 4.98 Å².